The lowest BCUT2D eigenvalue weighted by molar-refractivity contribution is -0.119. The van der Waals surface area contributed by atoms with Gasteiger partial charge in [-0.05, 0) is 18.8 Å². The summed E-state index contributed by atoms with van der Waals surface area (Å²) in [5.74, 6) is 0.422. The summed E-state index contributed by atoms with van der Waals surface area (Å²) in [6, 6.07) is 2.33. The Bertz CT molecular complexity index is 252. The van der Waals surface area contributed by atoms with Crippen LogP contribution in [-0.2, 0) is 4.79 Å². The van der Waals surface area contributed by atoms with Crippen molar-refractivity contribution in [2.24, 2.45) is 11.8 Å². The fourth-order valence-electron chi connectivity index (χ4n) is 2.43. The predicted octanol–water partition coefficient (Wildman–Crippen LogP) is 0.767. The summed E-state index contributed by atoms with van der Waals surface area (Å²) >= 11 is 0. The highest BCUT2D eigenvalue weighted by Crippen LogP contribution is 2.54. The van der Waals surface area contributed by atoms with Crippen LogP contribution in [0.15, 0.2) is 0 Å². The van der Waals surface area contributed by atoms with Gasteiger partial charge >= 0.3 is 0 Å². The van der Waals surface area contributed by atoms with Crippen molar-refractivity contribution in [2.75, 3.05) is 6.54 Å². The number of nitriles is 1. The second-order valence-corrected chi connectivity index (χ2v) is 3.95. The van der Waals surface area contributed by atoms with Gasteiger partial charge in [-0.15, -0.1) is 0 Å². The maximum absolute atomic E-state index is 10.7. The van der Waals surface area contributed by atoms with Crippen molar-refractivity contribution in [3.8, 4) is 6.07 Å². The second-order valence-electron chi connectivity index (χ2n) is 3.95. The Labute approximate surface area is 72.0 Å². The molecule has 2 aliphatic rings. The Balaban J connectivity index is 2.27. The number of nitrogens with zero attached hydrogens (tertiary/aromatic N) is 2. The first-order chi connectivity index (χ1) is 5.74. The van der Waals surface area contributed by atoms with Crippen LogP contribution < -0.4 is 0 Å². The largest absolute Gasteiger partial charge is 0.338 e. The van der Waals surface area contributed by atoms with E-state index in [9.17, 15) is 4.79 Å². The Kier molecular flexibility index (Phi) is 1.41. The van der Waals surface area contributed by atoms with E-state index in [0.29, 0.717) is 5.92 Å². The van der Waals surface area contributed by atoms with Crippen LogP contribution in [0.2, 0.25) is 0 Å². The molecule has 0 aromatic heterocycles. The molecule has 1 amide bonds. The second kappa shape index (κ2) is 2.22. The summed E-state index contributed by atoms with van der Waals surface area (Å²) < 4.78 is 0. The highest BCUT2D eigenvalue weighted by atomic mass is 16.1. The summed E-state index contributed by atoms with van der Waals surface area (Å²) in [7, 11) is 0. The van der Waals surface area contributed by atoms with Gasteiger partial charge in [-0.25, -0.2) is 0 Å². The summed E-state index contributed by atoms with van der Waals surface area (Å²) in [6.45, 7) is 2.82. The Morgan fingerprint density at radius 3 is 2.75 bits per heavy atom. The summed E-state index contributed by atoms with van der Waals surface area (Å²) in [5, 5.41) is 8.93. The molecule has 1 saturated heterocycles. The molecule has 2 atom stereocenters. The average Bonchev–Trinajstić information content (AvgIpc) is 2.76. The molecule has 1 spiro atoms. The normalized spacial score (nSPS) is 36.5. The van der Waals surface area contributed by atoms with Crippen molar-refractivity contribution in [3.05, 3.63) is 0 Å². The average molecular weight is 164 g/mol. The van der Waals surface area contributed by atoms with Crippen molar-refractivity contribution >= 4 is 6.41 Å². The Hall–Kier alpha value is -1.04. The number of hydrogen-bond donors (Lipinski definition) is 0. The van der Waals surface area contributed by atoms with Gasteiger partial charge in [0.2, 0.25) is 6.41 Å². The van der Waals surface area contributed by atoms with Gasteiger partial charge in [0.05, 0.1) is 17.5 Å². The maximum Gasteiger partial charge on any atom is 0.210 e. The molecule has 12 heavy (non-hydrogen) atoms. The smallest absolute Gasteiger partial charge is 0.210 e. The van der Waals surface area contributed by atoms with E-state index in [2.05, 4.69) is 13.0 Å². The molecular weight excluding hydrogens is 152 g/mol. The Morgan fingerprint density at radius 1 is 1.67 bits per heavy atom. The van der Waals surface area contributed by atoms with Crippen LogP contribution in [0, 0.1) is 23.2 Å². The molecule has 0 radical (unpaired) electrons. The van der Waals surface area contributed by atoms with E-state index in [-0.39, 0.29) is 11.5 Å². The van der Waals surface area contributed by atoms with Gasteiger partial charge < -0.3 is 4.90 Å². The van der Waals surface area contributed by atoms with Crippen LogP contribution in [0.1, 0.15) is 19.8 Å². The van der Waals surface area contributed by atoms with Crippen molar-refractivity contribution < 1.29 is 4.79 Å². The molecule has 1 saturated carbocycles. The SMILES string of the molecule is CC1CN(C=O)C2(CC2)C1C#N. The minimum Gasteiger partial charge on any atom is -0.338 e. The first-order valence-electron chi connectivity index (χ1n) is 4.36. The van der Waals surface area contributed by atoms with Crippen LogP contribution >= 0.6 is 0 Å². The number of amides is 1. The van der Waals surface area contributed by atoms with E-state index in [4.69, 9.17) is 5.26 Å². The molecule has 0 N–H and O–H groups in total. The summed E-state index contributed by atoms with van der Waals surface area (Å²) in [4.78, 5) is 12.5. The zero-order chi connectivity index (χ0) is 8.77. The molecular formula is C9H12N2O. The topological polar surface area (TPSA) is 44.1 Å². The van der Waals surface area contributed by atoms with Crippen LogP contribution in [0.25, 0.3) is 0 Å². The minimum absolute atomic E-state index is 0.0457. The van der Waals surface area contributed by atoms with Gasteiger partial charge in [0, 0.05) is 6.54 Å². The van der Waals surface area contributed by atoms with Crippen LogP contribution in [0.3, 0.4) is 0 Å². The predicted molar refractivity (Wildman–Crippen MR) is 43.0 cm³/mol. The third-order valence-corrected chi connectivity index (χ3v) is 3.23. The molecule has 2 rings (SSSR count). The van der Waals surface area contributed by atoms with Crippen molar-refractivity contribution in [1.82, 2.24) is 4.90 Å². The van der Waals surface area contributed by atoms with Gasteiger partial charge in [-0.3, -0.25) is 4.79 Å². The third kappa shape index (κ3) is 0.726. The van der Waals surface area contributed by atoms with E-state index in [1.165, 1.54) is 0 Å². The van der Waals surface area contributed by atoms with Gasteiger partial charge in [0.25, 0.3) is 0 Å². The molecule has 0 aromatic carbocycles. The molecule has 3 heteroatoms. The lowest BCUT2D eigenvalue weighted by Gasteiger charge is -2.20. The van der Waals surface area contributed by atoms with Gasteiger partial charge in [-0.2, -0.15) is 5.26 Å². The van der Waals surface area contributed by atoms with Gasteiger partial charge in [-0.1, -0.05) is 6.92 Å². The summed E-state index contributed by atoms with van der Waals surface area (Å²) in [5.41, 5.74) is -0.0457. The number of likely N-dealkylation sites (tertiary alicyclic amines) is 1. The standard InChI is InChI=1S/C9H12N2O/c1-7-5-11(6-12)9(2-3-9)8(7)4-10/h6-8H,2-3,5H2,1H3. The molecule has 1 heterocycles. The quantitative estimate of drug-likeness (QED) is 0.537. The van der Waals surface area contributed by atoms with Crippen molar-refractivity contribution in [2.45, 2.75) is 25.3 Å². The first-order valence-corrected chi connectivity index (χ1v) is 4.36. The van der Waals surface area contributed by atoms with Crippen LogP contribution in [0.5, 0.6) is 0 Å². The minimum atomic E-state index is -0.0457. The monoisotopic (exact) mass is 164 g/mol. The van der Waals surface area contributed by atoms with Crippen molar-refractivity contribution in [1.29, 1.82) is 5.26 Å². The lowest BCUT2D eigenvalue weighted by Crippen LogP contribution is -2.33. The fraction of sp³-hybridized carbons (Fsp3) is 0.778. The third-order valence-electron chi connectivity index (χ3n) is 3.23. The van der Waals surface area contributed by atoms with Gasteiger partial charge in [0.15, 0.2) is 0 Å². The molecule has 0 aromatic rings. The van der Waals surface area contributed by atoms with E-state index >= 15 is 0 Å². The van der Waals surface area contributed by atoms with Gasteiger partial charge in [0.1, 0.15) is 0 Å². The van der Waals surface area contributed by atoms with Crippen molar-refractivity contribution in [3.63, 3.8) is 0 Å². The molecule has 3 nitrogen and oxygen atoms in total. The molecule has 1 aliphatic heterocycles. The fourth-order valence-corrected chi connectivity index (χ4v) is 2.43. The first kappa shape index (κ1) is 7.60. The number of carbonyl (C=O) groups is 1. The molecule has 64 valence electrons. The zero-order valence-electron chi connectivity index (χ0n) is 7.16. The van der Waals surface area contributed by atoms with E-state index in [1.807, 2.05) is 4.90 Å². The maximum atomic E-state index is 10.7. The molecule has 1 aliphatic carbocycles. The zero-order valence-corrected chi connectivity index (χ0v) is 7.16. The molecule has 0 bridgehead atoms. The molecule has 2 fully saturated rings. The summed E-state index contributed by atoms with van der Waals surface area (Å²) in [6.07, 6.45) is 2.95. The highest BCUT2D eigenvalue weighted by Gasteiger charge is 2.60. The number of hydrogen-bond acceptors (Lipinski definition) is 2. The van der Waals surface area contributed by atoms with Crippen LogP contribution in [-0.4, -0.2) is 23.4 Å². The molecule has 2 unspecified atom stereocenters. The Morgan fingerprint density at radius 2 is 2.33 bits per heavy atom. The number of rotatable bonds is 1. The highest BCUT2D eigenvalue weighted by molar-refractivity contribution is 5.52. The van der Waals surface area contributed by atoms with Crippen LogP contribution in [0.4, 0.5) is 0 Å². The van der Waals surface area contributed by atoms with E-state index in [0.717, 1.165) is 25.8 Å². The van der Waals surface area contributed by atoms with E-state index < -0.39 is 0 Å². The number of carbonyl (C=O) groups excluding carboxylic acids is 1. The van der Waals surface area contributed by atoms with E-state index in [1.54, 1.807) is 0 Å². The lowest BCUT2D eigenvalue weighted by atomic mass is 9.92.